The van der Waals surface area contributed by atoms with Gasteiger partial charge < -0.3 is 14.6 Å². The summed E-state index contributed by atoms with van der Waals surface area (Å²) in [6.45, 7) is 2.55. The molecule has 1 aromatic carbocycles. The van der Waals surface area contributed by atoms with Crippen LogP contribution in [0.2, 0.25) is 0 Å². The summed E-state index contributed by atoms with van der Waals surface area (Å²) in [6, 6.07) is 6.21. The molecule has 0 radical (unpaired) electrons. The van der Waals surface area contributed by atoms with Gasteiger partial charge in [-0.1, -0.05) is 43.9 Å². The number of aryl methyl sites for hydroxylation is 1. The molecule has 3 heteroatoms. The van der Waals surface area contributed by atoms with Gasteiger partial charge >= 0.3 is 0 Å². The second-order valence-corrected chi connectivity index (χ2v) is 7.23. The molecule has 1 aliphatic heterocycles. The minimum absolute atomic E-state index is 0.335. The fraction of sp³-hybridized carbons (Fsp3) is 0.619. The second-order valence-electron chi connectivity index (χ2n) is 7.23. The Balaban J connectivity index is 1.48. The van der Waals surface area contributed by atoms with E-state index in [1.165, 1.54) is 30.4 Å². The van der Waals surface area contributed by atoms with Crippen molar-refractivity contribution in [1.29, 1.82) is 0 Å². The summed E-state index contributed by atoms with van der Waals surface area (Å²) < 4.78 is 10.8. The zero-order chi connectivity index (χ0) is 16.8. The Morgan fingerprint density at radius 2 is 1.96 bits per heavy atom. The predicted molar refractivity (Wildman–Crippen MR) is 96.5 cm³/mol. The average Bonchev–Trinajstić information content (AvgIpc) is 3.06. The molecule has 0 bridgehead atoms. The molecule has 3 rings (SSSR count). The zero-order valence-corrected chi connectivity index (χ0v) is 14.9. The highest BCUT2D eigenvalue weighted by Crippen LogP contribution is 2.34. The number of rotatable bonds is 7. The highest BCUT2D eigenvalue weighted by atomic mass is 16.7. The van der Waals surface area contributed by atoms with Gasteiger partial charge in [-0.15, -0.1) is 0 Å². The molecule has 1 heterocycles. The number of benzene rings is 1. The zero-order valence-electron chi connectivity index (χ0n) is 14.9. The van der Waals surface area contributed by atoms with Crippen molar-refractivity contribution in [3.8, 4) is 11.5 Å². The van der Waals surface area contributed by atoms with Gasteiger partial charge in [-0.3, -0.25) is 0 Å². The van der Waals surface area contributed by atoms with Gasteiger partial charge in [0.15, 0.2) is 11.5 Å². The van der Waals surface area contributed by atoms with Crippen LogP contribution >= 0.6 is 0 Å². The number of allylic oxidation sites excluding steroid dienone is 2. The minimum atomic E-state index is -0.399. The molecule has 2 aliphatic rings. The molecule has 0 spiro atoms. The minimum Gasteiger partial charge on any atom is -0.454 e. The van der Waals surface area contributed by atoms with Crippen LogP contribution in [0.5, 0.6) is 11.5 Å². The van der Waals surface area contributed by atoms with E-state index < -0.39 is 5.60 Å². The van der Waals surface area contributed by atoms with Crippen LogP contribution in [0.25, 0.3) is 0 Å². The van der Waals surface area contributed by atoms with Crippen LogP contribution in [0.4, 0.5) is 0 Å². The Labute approximate surface area is 145 Å². The van der Waals surface area contributed by atoms with Crippen molar-refractivity contribution in [2.24, 2.45) is 0 Å². The van der Waals surface area contributed by atoms with Gasteiger partial charge in [0.05, 0.1) is 5.60 Å². The normalized spacial score (nSPS) is 19.5. The first kappa shape index (κ1) is 17.3. The predicted octanol–water partition coefficient (Wildman–Crippen LogP) is 5.16. The molecule has 1 fully saturated rings. The van der Waals surface area contributed by atoms with E-state index in [2.05, 4.69) is 25.1 Å². The van der Waals surface area contributed by atoms with Crippen LogP contribution in [-0.4, -0.2) is 17.5 Å². The molecule has 0 aromatic heterocycles. The Kier molecular flexibility index (Phi) is 5.83. The highest BCUT2D eigenvalue weighted by molar-refractivity contribution is 5.44. The lowest BCUT2D eigenvalue weighted by molar-refractivity contribution is -0.00354. The summed E-state index contributed by atoms with van der Waals surface area (Å²) in [6.07, 6.45) is 13.1. The van der Waals surface area contributed by atoms with E-state index in [-0.39, 0.29) is 0 Å². The quantitative estimate of drug-likeness (QED) is 0.702. The number of ether oxygens (including phenoxy) is 2. The topological polar surface area (TPSA) is 38.7 Å². The van der Waals surface area contributed by atoms with Crippen molar-refractivity contribution < 1.29 is 14.6 Å². The summed E-state index contributed by atoms with van der Waals surface area (Å²) in [5.74, 6) is 1.72. The standard InChI is InChI=1S/C21H30O3/c1-2-17(11-14-21(22)12-4-3-5-13-21)7-6-8-18-9-10-19-20(15-18)24-16-23-19/h7,9-10,15,22H,2-6,8,11-14,16H2,1H3/b17-7+. The van der Waals surface area contributed by atoms with Crippen LogP contribution in [0.1, 0.15) is 70.3 Å². The van der Waals surface area contributed by atoms with Crippen molar-refractivity contribution in [3.05, 3.63) is 35.4 Å². The summed E-state index contributed by atoms with van der Waals surface area (Å²) in [7, 11) is 0. The van der Waals surface area contributed by atoms with Gasteiger partial charge in [-0.25, -0.2) is 0 Å². The van der Waals surface area contributed by atoms with E-state index in [0.29, 0.717) is 6.79 Å². The van der Waals surface area contributed by atoms with Gasteiger partial charge in [-0.05, 0) is 62.6 Å². The van der Waals surface area contributed by atoms with Crippen LogP contribution in [0.15, 0.2) is 29.8 Å². The molecule has 3 nitrogen and oxygen atoms in total. The maximum atomic E-state index is 10.7. The fourth-order valence-corrected chi connectivity index (χ4v) is 3.82. The lowest BCUT2D eigenvalue weighted by Gasteiger charge is -2.32. The first-order valence-electron chi connectivity index (χ1n) is 9.47. The lowest BCUT2D eigenvalue weighted by atomic mass is 9.80. The Bertz CT molecular complexity index is 570. The third-order valence-electron chi connectivity index (χ3n) is 5.45. The van der Waals surface area contributed by atoms with E-state index in [9.17, 15) is 5.11 Å². The summed E-state index contributed by atoms with van der Waals surface area (Å²) >= 11 is 0. The molecule has 1 N–H and O–H groups in total. The molecule has 0 amide bonds. The fourth-order valence-electron chi connectivity index (χ4n) is 3.82. The van der Waals surface area contributed by atoms with Crippen LogP contribution < -0.4 is 9.47 Å². The highest BCUT2D eigenvalue weighted by Gasteiger charge is 2.28. The number of aliphatic hydroxyl groups is 1. The van der Waals surface area contributed by atoms with E-state index in [1.54, 1.807) is 0 Å². The smallest absolute Gasteiger partial charge is 0.231 e. The third-order valence-corrected chi connectivity index (χ3v) is 5.45. The molecule has 1 aliphatic carbocycles. The molecule has 1 saturated carbocycles. The summed E-state index contributed by atoms with van der Waals surface area (Å²) in [5.41, 5.74) is 2.37. The molecule has 0 unspecified atom stereocenters. The van der Waals surface area contributed by atoms with Crippen LogP contribution in [-0.2, 0) is 6.42 Å². The van der Waals surface area contributed by atoms with Crippen LogP contribution in [0.3, 0.4) is 0 Å². The first-order valence-corrected chi connectivity index (χ1v) is 9.47. The van der Waals surface area contributed by atoms with E-state index in [1.807, 2.05) is 6.07 Å². The first-order chi connectivity index (χ1) is 11.7. The molecule has 132 valence electrons. The number of hydrogen-bond acceptors (Lipinski definition) is 3. The van der Waals surface area contributed by atoms with Crippen LogP contribution in [0, 0.1) is 0 Å². The molecule has 0 atom stereocenters. The Morgan fingerprint density at radius 1 is 1.17 bits per heavy atom. The summed E-state index contributed by atoms with van der Waals surface area (Å²) in [4.78, 5) is 0. The van der Waals surface area contributed by atoms with Crippen molar-refractivity contribution in [2.45, 2.75) is 76.7 Å². The van der Waals surface area contributed by atoms with Gasteiger partial charge in [0, 0.05) is 0 Å². The number of fused-ring (bicyclic) bond motifs is 1. The summed E-state index contributed by atoms with van der Waals surface area (Å²) in [5, 5.41) is 10.7. The maximum absolute atomic E-state index is 10.7. The van der Waals surface area contributed by atoms with E-state index in [4.69, 9.17) is 9.47 Å². The van der Waals surface area contributed by atoms with Gasteiger partial charge in [0.1, 0.15) is 0 Å². The van der Waals surface area contributed by atoms with Gasteiger partial charge in [-0.2, -0.15) is 0 Å². The SMILES string of the molecule is CC/C(=C\CCc1ccc2c(c1)OCO2)CCC1(O)CCCCC1. The molecular formula is C21H30O3. The Hall–Kier alpha value is -1.48. The van der Waals surface area contributed by atoms with Gasteiger partial charge in [0.2, 0.25) is 6.79 Å². The lowest BCUT2D eigenvalue weighted by Crippen LogP contribution is -2.31. The molecular weight excluding hydrogens is 300 g/mol. The maximum Gasteiger partial charge on any atom is 0.231 e. The van der Waals surface area contributed by atoms with Crippen molar-refractivity contribution in [1.82, 2.24) is 0 Å². The largest absolute Gasteiger partial charge is 0.454 e. The molecule has 1 aromatic rings. The van der Waals surface area contributed by atoms with Crippen molar-refractivity contribution in [3.63, 3.8) is 0 Å². The monoisotopic (exact) mass is 330 g/mol. The van der Waals surface area contributed by atoms with Crippen molar-refractivity contribution >= 4 is 0 Å². The molecule has 0 saturated heterocycles. The van der Waals surface area contributed by atoms with Crippen molar-refractivity contribution in [2.75, 3.05) is 6.79 Å². The second kappa shape index (κ2) is 8.06. The Morgan fingerprint density at radius 3 is 2.75 bits per heavy atom. The van der Waals surface area contributed by atoms with E-state index >= 15 is 0 Å². The third kappa shape index (κ3) is 4.54. The average molecular weight is 330 g/mol. The van der Waals surface area contributed by atoms with E-state index in [0.717, 1.165) is 56.4 Å². The molecule has 24 heavy (non-hydrogen) atoms. The number of hydrogen-bond donors (Lipinski definition) is 1. The van der Waals surface area contributed by atoms with Gasteiger partial charge in [0.25, 0.3) is 0 Å².